The molecule has 16 heavy (non-hydrogen) atoms. The van der Waals surface area contributed by atoms with E-state index in [-0.39, 0.29) is 18.4 Å². The molecule has 1 aliphatic rings. The molecule has 1 fully saturated rings. The fraction of sp³-hybridized carbons (Fsp3) is 0.500. The number of H-pyrrole nitrogens is 1. The van der Waals surface area contributed by atoms with Crippen LogP contribution in [0.3, 0.4) is 0 Å². The Morgan fingerprint density at radius 1 is 1.62 bits per heavy atom. The molecule has 1 aromatic heterocycles. The molecule has 0 saturated carbocycles. The van der Waals surface area contributed by atoms with Crippen molar-refractivity contribution in [1.82, 2.24) is 20.4 Å². The average molecular weight is 222 g/mol. The number of hydrogen-bond acceptors (Lipinski definition) is 3. The Kier molecular flexibility index (Phi) is 3.19. The summed E-state index contributed by atoms with van der Waals surface area (Å²) < 4.78 is 0. The highest BCUT2D eigenvalue weighted by Gasteiger charge is 2.21. The molecule has 1 aliphatic heterocycles. The lowest BCUT2D eigenvalue weighted by atomic mass is 10.4. The number of carbonyl (C=O) groups excluding carboxylic acids is 2. The van der Waals surface area contributed by atoms with Crippen LogP contribution in [0.2, 0.25) is 0 Å². The van der Waals surface area contributed by atoms with E-state index in [1.54, 1.807) is 17.2 Å². The van der Waals surface area contributed by atoms with E-state index < -0.39 is 0 Å². The van der Waals surface area contributed by atoms with Gasteiger partial charge in [-0.15, -0.1) is 0 Å². The number of hydrogen-bond donors (Lipinski definition) is 2. The molecule has 0 spiro atoms. The molecule has 6 nitrogen and oxygen atoms in total. The standard InChI is InChI=1S/C10H14N4O2/c15-9(7-14-5-1-2-10(14)16)11-6-8-3-4-12-13-8/h3-4H,1-2,5-7H2,(H,11,15)(H,12,13). The quantitative estimate of drug-likeness (QED) is 0.730. The zero-order valence-corrected chi connectivity index (χ0v) is 8.90. The van der Waals surface area contributed by atoms with Gasteiger partial charge in [0.15, 0.2) is 0 Å². The normalized spacial score (nSPS) is 15.5. The zero-order chi connectivity index (χ0) is 11.4. The third kappa shape index (κ3) is 2.59. The van der Waals surface area contributed by atoms with Crippen molar-refractivity contribution >= 4 is 11.8 Å². The van der Waals surface area contributed by atoms with Crippen LogP contribution in [0, 0.1) is 0 Å². The Morgan fingerprint density at radius 2 is 2.50 bits per heavy atom. The van der Waals surface area contributed by atoms with Gasteiger partial charge in [-0.3, -0.25) is 14.7 Å². The first kappa shape index (κ1) is 10.7. The Morgan fingerprint density at radius 3 is 3.12 bits per heavy atom. The molecule has 1 saturated heterocycles. The van der Waals surface area contributed by atoms with Crippen LogP contribution in [0.1, 0.15) is 18.5 Å². The van der Waals surface area contributed by atoms with Crippen LogP contribution in [-0.2, 0) is 16.1 Å². The van der Waals surface area contributed by atoms with Gasteiger partial charge < -0.3 is 10.2 Å². The van der Waals surface area contributed by atoms with Gasteiger partial charge in [0.25, 0.3) is 0 Å². The fourth-order valence-electron chi connectivity index (χ4n) is 1.68. The van der Waals surface area contributed by atoms with Crippen molar-refractivity contribution < 1.29 is 9.59 Å². The van der Waals surface area contributed by atoms with Crippen LogP contribution >= 0.6 is 0 Å². The van der Waals surface area contributed by atoms with Gasteiger partial charge in [-0.05, 0) is 12.5 Å². The van der Waals surface area contributed by atoms with Gasteiger partial charge in [-0.25, -0.2) is 0 Å². The Bertz CT molecular complexity index is 374. The van der Waals surface area contributed by atoms with Gasteiger partial charge in [0.1, 0.15) is 0 Å². The SMILES string of the molecule is O=C(CN1CCCC1=O)NCc1ccn[nH]1. The lowest BCUT2D eigenvalue weighted by molar-refractivity contribution is -0.133. The van der Waals surface area contributed by atoms with Crippen molar-refractivity contribution in [3.63, 3.8) is 0 Å². The number of nitrogens with zero attached hydrogens (tertiary/aromatic N) is 2. The van der Waals surface area contributed by atoms with Crippen molar-refractivity contribution in [1.29, 1.82) is 0 Å². The van der Waals surface area contributed by atoms with E-state index in [1.165, 1.54) is 0 Å². The van der Waals surface area contributed by atoms with Crippen molar-refractivity contribution in [2.24, 2.45) is 0 Å². The average Bonchev–Trinajstić information content (AvgIpc) is 2.88. The largest absolute Gasteiger partial charge is 0.349 e. The minimum Gasteiger partial charge on any atom is -0.349 e. The molecule has 0 radical (unpaired) electrons. The third-order valence-corrected chi connectivity index (χ3v) is 2.54. The van der Waals surface area contributed by atoms with Crippen LogP contribution in [0.4, 0.5) is 0 Å². The maximum Gasteiger partial charge on any atom is 0.239 e. The molecule has 0 aliphatic carbocycles. The van der Waals surface area contributed by atoms with Gasteiger partial charge >= 0.3 is 0 Å². The number of carbonyl (C=O) groups is 2. The molecule has 2 amide bonds. The first-order chi connectivity index (χ1) is 7.75. The van der Waals surface area contributed by atoms with Gasteiger partial charge in [0, 0.05) is 19.2 Å². The summed E-state index contributed by atoms with van der Waals surface area (Å²) in [5, 5.41) is 9.25. The summed E-state index contributed by atoms with van der Waals surface area (Å²) in [5.41, 5.74) is 0.848. The van der Waals surface area contributed by atoms with E-state index >= 15 is 0 Å². The number of aromatic nitrogens is 2. The minimum atomic E-state index is -0.134. The summed E-state index contributed by atoms with van der Waals surface area (Å²) >= 11 is 0. The van der Waals surface area contributed by atoms with E-state index in [2.05, 4.69) is 15.5 Å². The van der Waals surface area contributed by atoms with Gasteiger partial charge in [-0.2, -0.15) is 5.10 Å². The lowest BCUT2D eigenvalue weighted by Gasteiger charge is -2.14. The van der Waals surface area contributed by atoms with E-state index in [0.717, 1.165) is 12.1 Å². The van der Waals surface area contributed by atoms with E-state index in [9.17, 15) is 9.59 Å². The van der Waals surface area contributed by atoms with Gasteiger partial charge in [-0.1, -0.05) is 0 Å². The molecular weight excluding hydrogens is 208 g/mol. The topological polar surface area (TPSA) is 78.1 Å². The molecule has 0 bridgehead atoms. The summed E-state index contributed by atoms with van der Waals surface area (Å²) in [6, 6.07) is 1.79. The van der Waals surface area contributed by atoms with Gasteiger partial charge in [0.05, 0.1) is 18.8 Å². The number of likely N-dealkylation sites (tertiary alicyclic amines) is 1. The fourth-order valence-corrected chi connectivity index (χ4v) is 1.68. The van der Waals surface area contributed by atoms with E-state index in [4.69, 9.17) is 0 Å². The third-order valence-electron chi connectivity index (χ3n) is 2.54. The number of rotatable bonds is 4. The van der Waals surface area contributed by atoms with Crippen molar-refractivity contribution in [2.75, 3.05) is 13.1 Å². The predicted octanol–water partition coefficient (Wildman–Crippen LogP) is -0.352. The summed E-state index contributed by atoms with van der Waals surface area (Å²) in [7, 11) is 0. The number of aromatic amines is 1. The summed E-state index contributed by atoms with van der Waals surface area (Å²) in [5.74, 6) is -0.0680. The van der Waals surface area contributed by atoms with Gasteiger partial charge in [0.2, 0.25) is 11.8 Å². The van der Waals surface area contributed by atoms with Crippen LogP contribution in [-0.4, -0.2) is 40.0 Å². The van der Waals surface area contributed by atoms with E-state index in [1.807, 2.05) is 0 Å². The summed E-state index contributed by atoms with van der Waals surface area (Å²) in [6.07, 6.45) is 3.05. The molecular formula is C10H14N4O2. The molecule has 0 aromatic carbocycles. The second-order valence-electron chi connectivity index (χ2n) is 3.78. The molecule has 86 valence electrons. The highest BCUT2D eigenvalue weighted by molar-refractivity contribution is 5.85. The second kappa shape index (κ2) is 4.78. The summed E-state index contributed by atoms with van der Waals surface area (Å²) in [6.45, 7) is 1.27. The van der Waals surface area contributed by atoms with Crippen molar-refractivity contribution in [2.45, 2.75) is 19.4 Å². The van der Waals surface area contributed by atoms with Crippen LogP contribution < -0.4 is 5.32 Å². The number of amides is 2. The lowest BCUT2D eigenvalue weighted by Crippen LogP contribution is -2.37. The number of nitrogens with one attached hydrogen (secondary N) is 2. The highest BCUT2D eigenvalue weighted by atomic mass is 16.2. The monoisotopic (exact) mass is 222 g/mol. The Balaban J connectivity index is 1.74. The molecule has 0 atom stereocenters. The Hall–Kier alpha value is -1.85. The van der Waals surface area contributed by atoms with E-state index in [0.29, 0.717) is 19.5 Å². The molecule has 2 N–H and O–H groups in total. The molecule has 1 aromatic rings. The maximum absolute atomic E-state index is 11.5. The van der Waals surface area contributed by atoms with Crippen LogP contribution in [0.5, 0.6) is 0 Å². The smallest absolute Gasteiger partial charge is 0.239 e. The first-order valence-electron chi connectivity index (χ1n) is 5.28. The molecule has 2 heterocycles. The molecule has 2 rings (SSSR count). The predicted molar refractivity (Wildman–Crippen MR) is 56.2 cm³/mol. The summed E-state index contributed by atoms with van der Waals surface area (Å²) in [4.78, 5) is 24.4. The van der Waals surface area contributed by atoms with Crippen LogP contribution in [0.15, 0.2) is 12.3 Å². The van der Waals surface area contributed by atoms with Crippen LogP contribution in [0.25, 0.3) is 0 Å². The zero-order valence-electron chi connectivity index (χ0n) is 8.90. The van der Waals surface area contributed by atoms with Crippen molar-refractivity contribution in [3.8, 4) is 0 Å². The second-order valence-corrected chi connectivity index (χ2v) is 3.78. The molecule has 0 unspecified atom stereocenters. The maximum atomic E-state index is 11.5. The minimum absolute atomic E-state index is 0.0664. The Labute approximate surface area is 93.0 Å². The van der Waals surface area contributed by atoms with Crippen molar-refractivity contribution in [3.05, 3.63) is 18.0 Å². The molecule has 6 heteroatoms. The highest BCUT2D eigenvalue weighted by Crippen LogP contribution is 2.08. The first-order valence-corrected chi connectivity index (χ1v) is 5.28.